The molecule has 1 heterocycles. The molecule has 0 bridgehead atoms. The minimum atomic E-state index is -3.18. The van der Waals surface area contributed by atoms with Crippen LogP contribution in [0.25, 0.3) is 0 Å². The molecule has 0 radical (unpaired) electrons. The summed E-state index contributed by atoms with van der Waals surface area (Å²) in [5, 5.41) is 2.87. The lowest BCUT2D eigenvalue weighted by molar-refractivity contribution is 0.242. The van der Waals surface area contributed by atoms with Crippen molar-refractivity contribution in [3.63, 3.8) is 0 Å². The minimum absolute atomic E-state index is 0.0569. The molecule has 108 valence electrons. The second kappa shape index (κ2) is 6.32. The third-order valence-electron chi connectivity index (χ3n) is 3.19. The normalized spacial score (nSPS) is 22.4. The summed E-state index contributed by atoms with van der Waals surface area (Å²) in [6.45, 7) is 7.01. The zero-order valence-electron chi connectivity index (χ0n) is 12.0. The first-order chi connectivity index (χ1) is 8.23. The van der Waals surface area contributed by atoms with Gasteiger partial charge in [-0.3, -0.25) is 0 Å². The lowest BCUT2D eigenvalue weighted by Crippen LogP contribution is -2.47. The van der Waals surface area contributed by atoms with Crippen molar-refractivity contribution in [3.05, 3.63) is 0 Å². The molecule has 1 aliphatic heterocycles. The van der Waals surface area contributed by atoms with Crippen LogP contribution in [0.5, 0.6) is 0 Å². The van der Waals surface area contributed by atoms with Gasteiger partial charge < -0.3 is 10.2 Å². The van der Waals surface area contributed by atoms with E-state index in [0.29, 0.717) is 13.1 Å². The van der Waals surface area contributed by atoms with Crippen LogP contribution < -0.4 is 10.0 Å². The second-order valence-corrected chi connectivity index (χ2v) is 8.28. The molecule has 0 amide bonds. The molecule has 1 unspecified atom stereocenters. The Morgan fingerprint density at radius 2 is 2.06 bits per heavy atom. The van der Waals surface area contributed by atoms with Crippen LogP contribution in [0.15, 0.2) is 0 Å². The van der Waals surface area contributed by atoms with Gasteiger partial charge in [0.2, 0.25) is 10.0 Å². The van der Waals surface area contributed by atoms with Crippen molar-refractivity contribution < 1.29 is 8.42 Å². The van der Waals surface area contributed by atoms with Gasteiger partial charge in [0, 0.05) is 19.6 Å². The predicted molar refractivity (Wildman–Crippen MR) is 75.1 cm³/mol. The van der Waals surface area contributed by atoms with Gasteiger partial charge in [0.15, 0.2) is 0 Å². The number of piperidine rings is 1. The largest absolute Gasteiger partial charge is 0.315 e. The Hall–Kier alpha value is -0.170. The van der Waals surface area contributed by atoms with Crippen molar-refractivity contribution >= 4 is 10.0 Å². The molecule has 0 aromatic carbocycles. The Labute approximate surface area is 111 Å². The van der Waals surface area contributed by atoms with Crippen LogP contribution in [0.4, 0.5) is 0 Å². The van der Waals surface area contributed by atoms with Crippen molar-refractivity contribution in [2.24, 2.45) is 5.41 Å². The van der Waals surface area contributed by atoms with E-state index in [1.807, 2.05) is 14.1 Å². The highest BCUT2D eigenvalue weighted by Crippen LogP contribution is 2.16. The first-order valence-electron chi connectivity index (χ1n) is 6.57. The number of sulfonamides is 1. The molecule has 1 rings (SSSR count). The Morgan fingerprint density at radius 1 is 1.39 bits per heavy atom. The molecule has 0 spiro atoms. The Bertz CT molecular complexity index is 346. The fraction of sp³-hybridized carbons (Fsp3) is 1.00. The van der Waals surface area contributed by atoms with Crippen LogP contribution in [0, 0.1) is 5.41 Å². The zero-order chi connectivity index (χ0) is 13.8. The van der Waals surface area contributed by atoms with E-state index in [4.69, 9.17) is 0 Å². The Morgan fingerprint density at radius 3 is 2.56 bits per heavy atom. The number of rotatable bonds is 6. The lowest BCUT2D eigenvalue weighted by atomic mass is 9.93. The molecule has 0 aliphatic carbocycles. The van der Waals surface area contributed by atoms with Crippen LogP contribution in [-0.2, 0) is 10.0 Å². The van der Waals surface area contributed by atoms with Crippen molar-refractivity contribution in [1.82, 2.24) is 14.9 Å². The first-order valence-corrected chi connectivity index (χ1v) is 8.11. The summed E-state index contributed by atoms with van der Waals surface area (Å²) in [6, 6.07) is 0. The fourth-order valence-corrected chi connectivity index (χ4v) is 4.05. The smallest absolute Gasteiger partial charge is 0.215 e. The van der Waals surface area contributed by atoms with Crippen molar-refractivity contribution in [3.8, 4) is 0 Å². The number of hydrogen-bond donors (Lipinski definition) is 2. The topological polar surface area (TPSA) is 61.4 Å². The highest BCUT2D eigenvalue weighted by atomic mass is 32.2. The molecule has 6 heteroatoms. The standard InChI is InChI=1S/C12H27N3O2S/c1-12(2,10-15(3)4)9-14-18(16,17)11-6-5-7-13-8-11/h11,13-14H,5-10H2,1-4H3. The quantitative estimate of drug-likeness (QED) is 0.730. The minimum Gasteiger partial charge on any atom is -0.315 e. The Kier molecular flexibility index (Phi) is 5.58. The molecule has 2 N–H and O–H groups in total. The van der Waals surface area contributed by atoms with Gasteiger partial charge in [-0.1, -0.05) is 13.8 Å². The molecule has 1 atom stereocenters. The van der Waals surface area contributed by atoms with Crippen LogP contribution in [0.2, 0.25) is 0 Å². The van der Waals surface area contributed by atoms with E-state index in [1.54, 1.807) is 0 Å². The monoisotopic (exact) mass is 277 g/mol. The van der Waals surface area contributed by atoms with Gasteiger partial charge >= 0.3 is 0 Å². The zero-order valence-corrected chi connectivity index (χ0v) is 12.8. The van der Waals surface area contributed by atoms with Crippen molar-refractivity contribution in [1.29, 1.82) is 0 Å². The van der Waals surface area contributed by atoms with E-state index in [1.165, 1.54) is 0 Å². The summed E-state index contributed by atoms with van der Waals surface area (Å²) in [7, 11) is 0.819. The van der Waals surface area contributed by atoms with E-state index < -0.39 is 10.0 Å². The number of hydrogen-bond acceptors (Lipinski definition) is 4. The van der Waals surface area contributed by atoms with E-state index in [-0.39, 0.29) is 10.7 Å². The lowest BCUT2D eigenvalue weighted by Gasteiger charge is -2.30. The number of nitrogens with one attached hydrogen (secondary N) is 2. The van der Waals surface area contributed by atoms with Crippen molar-refractivity contribution in [2.75, 3.05) is 40.3 Å². The maximum atomic E-state index is 12.2. The van der Waals surface area contributed by atoms with Crippen LogP contribution in [-0.4, -0.2) is 58.8 Å². The summed E-state index contributed by atoms with van der Waals surface area (Å²) < 4.78 is 27.1. The van der Waals surface area contributed by atoms with Gasteiger partial charge in [0.05, 0.1) is 5.25 Å². The molecule has 18 heavy (non-hydrogen) atoms. The van der Waals surface area contributed by atoms with Crippen molar-refractivity contribution in [2.45, 2.75) is 31.9 Å². The van der Waals surface area contributed by atoms with Gasteiger partial charge in [0.25, 0.3) is 0 Å². The molecule has 1 saturated heterocycles. The molecular weight excluding hydrogens is 250 g/mol. The van der Waals surface area contributed by atoms with Crippen LogP contribution >= 0.6 is 0 Å². The van der Waals surface area contributed by atoms with E-state index >= 15 is 0 Å². The van der Waals surface area contributed by atoms with Gasteiger partial charge in [-0.25, -0.2) is 13.1 Å². The van der Waals surface area contributed by atoms with Crippen LogP contribution in [0.3, 0.4) is 0 Å². The molecule has 0 aromatic rings. The third kappa shape index (κ3) is 5.22. The first kappa shape index (κ1) is 15.9. The van der Waals surface area contributed by atoms with Gasteiger partial charge in [-0.2, -0.15) is 0 Å². The molecule has 0 saturated carbocycles. The summed E-state index contributed by atoms with van der Waals surface area (Å²) in [4.78, 5) is 2.08. The highest BCUT2D eigenvalue weighted by Gasteiger charge is 2.29. The van der Waals surface area contributed by atoms with E-state index in [9.17, 15) is 8.42 Å². The molecular formula is C12H27N3O2S. The van der Waals surface area contributed by atoms with Gasteiger partial charge in [-0.15, -0.1) is 0 Å². The van der Waals surface area contributed by atoms with E-state index in [2.05, 4.69) is 28.8 Å². The summed E-state index contributed by atoms with van der Waals surface area (Å²) >= 11 is 0. The second-order valence-electron chi connectivity index (χ2n) is 6.24. The fourth-order valence-electron chi connectivity index (χ4n) is 2.41. The summed E-state index contributed by atoms with van der Waals surface area (Å²) in [5.41, 5.74) is -0.0569. The maximum Gasteiger partial charge on any atom is 0.215 e. The Balaban J connectivity index is 2.50. The summed E-state index contributed by atoms with van der Waals surface area (Å²) in [5.74, 6) is 0. The predicted octanol–water partition coefficient (Wildman–Crippen LogP) is 0.246. The molecule has 5 nitrogen and oxygen atoms in total. The van der Waals surface area contributed by atoms with Crippen LogP contribution in [0.1, 0.15) is 26.7 Å². The highest BCUT2D eigenvalue weighted by molar-refractivity contribution is 7.90. The summed E-state index contributed by atoms with van der Waals surface area (Å²) in [6.07, 6.45) is 1.70. The number of nitrogens with zero attached hydrogens (tertiary/aromatic N) is 1. The average molecular weight is 277 g/mol. The van der Waals surface area contributed by atoms with E-state index in [0.717, 1.165) is 25.9 Å². The van der Waals surface area contributed by atoms with Gasteiger partial charge in [0.1, 0.15) is 0 Å². The third-order valence-corrected chi connectivity index (χ3v) is 5.01. The average Bonchev–Trinajstić information content (AvgIpc) is 2.26. The molecule has 1 fully saturated rings. The SMILES string of the molecule is CN(C)CC(C)(C)CNS(=O)(=O)C1CCCNC1. The molecule has 1 aliphatic rings. The van der Waals surface area contributed by atoms with Gasteiger partial charge in [-0.05, 0) is 38.9 Å². The maximum absolute atomic E-state index is 12.2. The molecule has 0 aromatic heterocycles.